The van der Waals surface area contributed by atoms with Gasteiger partial charge in [-0.05, 0) is 80.8 Å². The number of aryl methyl sites for hydroxylation is 1. The molecule has 2 atom stereocenters. The van der Waals surface area contributed by atoms with Crippen molar-refractivity contribution in [1.82, 2.24) is 15.2 Å². The van der Waals surface area contributed by atoms with E-state index in [0.717, 1.165) is 57.3 Å². The first-order valence-corrected chi connectivity index (χ1v) is 10.8. The second-order valence-corrected chi connectivity index (χ2v) is 8.26. The van der Waals surface area contributed by atoms with E-state index in [2.05, 4.69) is 39.5 Å². The highest BCUT2D eigenvalue weighted by Gasteiger charge is 2.28. The van der Waals surface area contributed by atoms with Crippen molar-refractivity contribution >= 4 is 5.91 Å². The number of pyridine rings is 1. The van der Waals surface area contributed by atoms with Gasteiger partial charge in [0.05, 0.1) is 12.2 Å². The molecule has 0 radical (unpaired) electrons. The number of amides is 1. The lowest BCUT2D eigenvalue weighted by molar-refractivity contribution is -0.135. The van der Waals surface area contributed by atoms with E-state index in [1.54, 1.807) is 0 Å². The number of fused-ring (bicyclic) bond motifs is 1. The SMILES string of the molecule is O=C(CC1CCc2ccccc2C1)N(Cc1ccccn1)C1CCCNCC1. The Hall–Kier alpha value is -2.20. The molecule has 4 heteroatoms. The highest BCUT2D eigenvalue weighted by Crippen LogP contribution is 2.29. The van der Waals surface area contributed by atoms with Gasteiger partial charge in [0.15, 0.2) is 0 Å². The van der Waals surface area contributed by atoms with Crippen molar-refractivity contribution in [1.29, 1.82) is 0 Å². The standard InChI is InChI=1S/C24H31N3O/c28-24(17-19-10-11-20-6-1-2-7-21(20)16-19)27(18-22-8-3-4-14-26-22)23-9-5-13-25-15-12-23/h1-4,6-8,14,19,23,25H,5,9-13,15-18H2. The molecule has 4 nitrogen and oxygen atoms in total. The van der Waals surface area contributed by atoms with Gasteiger partial charge in [0.1, 0.15) is 0 Å². The Labute approximate surface area is 168 Å². The zero-order valence-electron chi connectivity index (χ0n) is 16.6. The van der Waals surface area contributed by atoms with E-state index >= 15 is 0 Å². The Morgan fingerprint density at radius 3 is 2.75 bits per heavy atom. The summed E-state index contributed by atoms with van der Waals surface area (Å²) in [6, 6.07) is 15.0. The van der Waals surface area contributed by atoms with Gasteiger partial charge in [0.2, 0.25) is 5.91 Å². The molecule has 1 aromatic carbocycles. The summed E-state index contributed by atoms with van der Waals surface area (Å²) in [5, 5.41) is 3.47. The molecule has 2 heterocycles. The number of carbonyl (C=O) groups is 1. The topological polar surface area (TPSA) is 45.2 Å². The first-order chi connectivity index (χ1) is 13.8. The molecule has 0 saturated carbocycles. The van der Waals surface area contributed by atoms with E-state index in [9.17, 15) is 4.79 Å². The van der Waals surface area contributed by atoms with Gasteiger partial charge in [-0.1, -0.05) is 30.3 Å². The minimum Gasteiger partial charge on any atom is -0.334 e. The highest BCUT2D eigenvalue weighted by atomic mass is 16.2. The van der Waals surface area contributed by atoms with Crippen LogP contribution >= 0.6 is 0 Å². The van der Waals surface area contributed by atoms with Gasteiger partial charge in [-0.2, -0.15) is 0 Å². The number of nitrogens with zero attached hydrogens (tertiary/aromatic N) is 2. The highest BCUT2D eigenvalue weighted by molar-refractivity contribution is 5.77. The van der Waals surface area contributed by atoms with Crippen molar-refractivity contribution in [2.45, 2.75) is 57.5 Å². The van der Waals surface area contributed by atoms with Crippen LogP contribution in [0.3, 0.4) is 0 Å². The minimum absolute atomic E-state index is 0.307. The summed E-state index contributed by atoms with van der Waals surface area (Å²) < 4.78 is 0. The predicted octanol–water partition coefficient (Wildman–Crippen LogP) is 3.75. The summed E-state index contributed by atoms with van der Waals surface area (Å²) in [6.45, 7) is 2.68. The van der Waals surface area contributed by atoms with Gasteiger partial charge in [-0.15, -0.1) is 0 Å². The molecular weight excluding hydrogens is 346 g/mol. The molecule has 2 aromatic rings. The number of aromatic nitrogens is 1. The van der Waals surface area contributed by atoms with Gasteiger partial charge >= 0.3 is 0 Å². The lowest BCUT2D eigenvalue weighted by Crippen LogP contribution is -2.41. The summed E-state index contributed by atoms with van der Waals surface area (Å²) in [4.78, 5) is 20.0. The van der Waals surface area contributed by atoms with E-state index in [1.807, 2.05) is 24.4 Å². The van der Waals surface area contributed by atoms with E-state index < -0.39 is 0 Å². The maximum atomic E-state index is 13.4. The second kappa shape index (κ2) is 9.33. The number of benzene rings is 1. The summed E-state index contributed by atoms with van der Waals surface area (Å²) in [5.74, 6) is 0.763. The molecule has 1 N–H and O–H groups in total. The fraction of sp³-hybridized carbons (Fsp3) is 0.500. The quantitative estimate of drug-likeness (QED) is 0.863. The summed E-state index contributed by atoms with van der Waals surface area (Å²) in [6.07, 6.45) is 8.98. The minimum atomic E-state index is 0.307. The first kappa shape index (κ1) is 19.1. The molecular formula is C24H31N3O. The van der Waals surface area contributed by atoms with Crippen molar-refractivity contribution < 1.29 is 4.79 Å². The van der Waals surface area contributed by atoms with Crippen LogP contribution in [0.1, 0.15) is 48.9 Å². The first-order valence-electron chi connectivity index (χ1n) is 10.8. The van der Waals surface area contributed by atoms with Crippen molar-refractivity contribution in [2.75, 3.05) is 13.1 Å². The normalized spacial score (nSPS) is 22.1. The van der Waals surface area contributed by atoms with Crippen LogP contribution in [0, 0.1) is 5.92 Å². The van der Waals surface area contributed by atoms with Crippen LogP contribution in [0.5, 0.6) is 0 Å². The van der Waals surface area contributed by atoms with Crippen molar-refractivity contribution in [3.63, 3.8) is 0 Å². The van der Waals surface area contributed by atoms with Crippen molar-refractivity contribution in [2.24, 2.45) is 5.92 Å². The summed E-state index contributed by atoms with van der Waals surface area (Å²) in [7, 11) is 0. The number of rotatable bonds is 5. The Morgan fingerprint density at radius 2 is 1.89 bits per heavy atom. The maximum absolute atomic E-state index is 13.4. The van der Waals surface area contributed by atoms with Crippen molar-refractivity contribution in [3.8, 4) is 0 Å². The largest absolute Gasteiger partial charge is 0.334 e. The molecule has 1 saturated heterocycles. The molecule has 1 aliphatic heterocycles. The van der Waals surface area contributed by atoms with Crippen molar-refractivity contribution in [3.05, 3.63) is 65.5 Å². The molecule has 0 spiro atoms. The second-order valence-electron chi connectivity index (χ2n) is 8.26. The lowest BCUT2D eigenvalue weighted by Gasteiger charge is -2.33. The fourth-order valence-electron chi connectivity index (χ4n) is 4.71. The van der Waals surface area contributed by atoms with Crippen LogP contribution in [0.4, 0.5) is 0 Å². The zero-order valence-corrected chi connectivity index (χ0v) is 16.6. The van der Waals surface area contributed by atoms with Crippen LogP contribution < -0.4 is 5.32 Å². The van der Waals surface area contributed by atoms with Gasteiger partial charge in [-0.25, -0.2) is 0 Å². The smallest absolute Gasteiger partial charge is 0.223 e. The lowest BCUT2D eigenvalue weighted by atomic mass is 9.82. The molecule has 1 aliphatic carbocycles. The Morgan fingerprint density at radius 1 is 1.04 bits per heavy atom. The van der Waals surface area contributed by atoms with Crippen LogP contribution in [0.15, 0.2) is 48.7 Å². The van der Waals surface area contributed by atoms with E-state index in [-0.39, 0.29) is 0 Å². The average molecular weight is 378 g/mol. The van der Waals surface area contributed by atoms with Crippen LogP contribution in [0.2, 0.25) is 0 Å². The molecule has 1 amide bonds. The predicted molar refractivity (Wildman–Crippen MR) is 112 cm³/mol. The third kappa shape index (κ3) is 4.79. The summed E-state index contributed by atoms with van der Waals surface area (Å²) >= 11 is 0. The number of hydrogen-bond acceptors (Lipinski definition) is 3. The maximum Gasteiger partial charge on any atom is 0.223 e. The van der Waals surface area contributed by atoms with E-state index in [1.165, 1.54) is 11.1 Å². The molecule has 4 rings (SSSR count). The van der Waals surface area contributed by atoms with Crippen LogP contribution in [-0.2, 0) is 24.2 Å². The molecule has 2 aliphatic rings. The molecule has 28 heavy (non-hydrogen) atoms. The van der Waals surface area contributed by atoms with Gasteiger partial charge in [0, 0.05) is 18.7 Å². The summed E-state index contributed by atoms with van der Waals surface area (Å²) in [5.41, 5.74) is 3.88. The molecule has 1 aromatic heterocycles. The third-order valence-corrected chi connectivity index (χ3v) is 6.28. The Balaban J connectivity index is 1.46. The number of hydrogen-bond donors (Lipinski definition) is 1. The van der Waals surface area contributed by atoms with Gasteiger partial charge in [-0.3, -0.25) is 9.78 Å². The average Bonchev–Trinajstić information content (AvgIpc) is 3.02. The zero-order chi connectivity index (χ0) is 19.2. The van der Waals surface area contributed by atoms with Crippen LogP contribution in [-0.4, -0.2) is 34.9 Å². The number of nitrogens with one attached hydrogen (secondary N) is 1. The fourth-order valence-corrected chi connectivity index (χ4v) is 4.71. The molecule has 148 valence electrons. The van der Waals surface area contributed by atoms with E-state index in [4.69, 9.17) is 0 Å². The third-order valence-electron chi connectivity index (χ3n) is 6.28. The molecule has 0 bridgehead atoms. The Bertz CT molecular complexity index is 768. The van der Waals surface area contributed by atoms with Crippen LogP contribution in [0.25, 0.3) is 0 Å². The van der Waals surface area contributed by atoms with E-state index in [0.29, 0.717) is 30.8 Å². The van der Waals surface area contributed by atoms with Gasteiger partial charge in [0.25, 0.3) is 0 Å². The van der Waals surface area contributed by atoms with Gasteiger partial charge < -0.3 is 10.2 Å². The molecule has 1 fully saturated rings. The Kier molecular flexibility index (Phi) is 6.38. The molecule has 2 unspecified atom stereocenters. The number of carbonyl (C=O) groups excluding carboxylic acids is 1. The monoisotopic (exact) mass is 377 g/mol.